The van der Waals surface area contributed by atoms with E-state index in [0.29, 0.717) is 0 Å². The van der Waals surface area contributed by atoms with Crippen molar-refractivity contribution in [2.45, 2.75) is 9.66 Å². The first-order chi connectivity index (χ1) is 19.4. The predicted octanol–water partition coefficient (Wildman–Crippen LogP) is 6.48. The summed E-state index contributed by atoms with van der Waals surface area (Å²) in [6, 6.07) is 12.3. The van der Waals surface area contributed by atoms with Crippen molar-refractivity contribution in [1.29, 1.82) is 0 Å². The Morgan fingerprint density at radius 3 is 1.07 bits per heavy atom. The summed E-state index contributed by atoms with van der Waals surface area (Å²) < 4.78 is 87.3. The molecule has 0 aliphatic rings. The van der Waals surface area contributed by atoms with Crippen LogP contribution in [0.4, 0.5) is 17.6 Å². The Morgan fingerprint density at radius 1 is 0.595 bits per heavy atom. The van der Waals surface area contributed by atoms with Crippen molar-refractivity contribution in [3.63, 3.8) is 0 Å². The van der Waals surface area contributed by atoms with E-state index >= 15 is 0 Å². The third-order valence-corrected chi connectivity index (χ3v) is 21.3. The number of carbonyl (C=O) groups excluding carboxylic acids is 2. The summed E-state index contributed by atoms with van der Waals surface area (Å²) in [5.74, 6) is -5.02. The van der Waals surface area contributed by atoms with Crippen LogP contribution in [0.2, 0.25) is 0 Å². The molecule has 0 radical (unpaired) electrons. The Balaban J connectivity index is 2.92. The standard InChI is InChI=1S/3C7H6BrO.2C2HBrF2O2.Sb/c3*1-9-7-4-2-6(8)3-5-7;2*3-2(4,5)1(6)7;/h3*2-4H,1H3;2*(H,6,7);/q;;;;;+2/p-2. The molecule has 0 atom stereocenters. The molecule has 0 aromatic heterocycles. The summed E-state index contributed by atoms with van der Waals surface area (Å²) in [7, 11) is 3.61. The average Bonchev–Trinajstić information content (AvgIpc) is 2.91. The number of benzene rings is 3. The van der Waals surface area contributed by atoms with Gasteiger partial charge in [-0.05, 0) is 0 Å². The maximum absolute atomic E-state index is 14.8. The SMILES string of the molecule is COc1ccc(Br)c[c]1[Sb]([O]C(=O)C(F)(F)Br)([O]C(=O)C(F)(F)Br)([c]1cc(Br)ccc1OC)[c]1cc(Br)ccc1OC. The van der Waals surface area contributed by atoms with Gasteiger partial charge in [0.25, 0.3) is 0 Å². The van der Waals surface area contributed by atoms with Crippen LogP contribution < -0.4 is 24.7 Å². The van der Waals surface area contributed by atoms with Crippen LogP contribution in [-0.2, 0) is 15.6 Å². The molecule has 0 amide bonds. The molecule has 17 heteroatoms. The number of hydrogen-bond acceptors (Lipinski definition) is 7. The van der Waals surface area contributed by atoms with Gasteiger partial charge in [0.1, 0.15) is 0 Å². The summed E-state index contributed by atoms with van der Waals surface area (Å²) in [6.45, 7) is 0. The van der Waals surface area contributed by atoms with Gasteiger partial charge in [0, 0.05) is 0 Å². The van der Waals surface area contributed by atoms with Crippen molar-refractivity contribution in [3.05, 3.63) is 68.0 Å². The quantitative estimate of drug-likeness (QED) is 0.131. The van der Waals surface area contributed by atoms with Crippen LogP contribution in [-0.4, -0.2) is 61.2 Å². The maximum atomic E-state index is 14.8. The summed E-state index contributed by atoms with van der Waals surface area (Å²) in [5, 5.41) is 0. The number of rotatable bonds is 10. The van der Waals surface area contributed by atoms with Crippen molar-refractivity contribution < 1.29 is 47.4 Å². The van der Waals surface area contributed by atoms with E-state index in [9.17, 15) is 27.2 Å². The molecule has 0 saturated heterocycles. The number of alkyl halides is 6. The summed E-state index contributed by atoms with van der Waals surface area (Å²) >= 11 is 6.26. The topological polar surface area (TPSA) is 80.3 Å². The van der Waals surface area contributed by atoms with Crippen LogP contribution in [0, 0.1) is 0 Å². The second kappa shape index (κ2) is 13.1. The van der Waals surface area contributed by atoms with Crippen LogP contribution in [0.25, 0.3) is 0 Å². The Labute approximate surface area is 281 Å². The van der Waals surface area contributed by atoms with Crippen molar-refractivity contribution in [2.24, 2.45) is 0 Å². The van der Waals surface area contributed by atoms with Gasteiger partial charge >= 0.3 is 284 Å². The fourth-order valence-electron chi connectivity index (χ4n) is 4.06. The van der Waals surface area contributed by atoms with Gasteiger partial charge in [-0.2, -0.15) is 0 Å². The van der Waals surface area contributed by atoms with E-state index in [-0.39, 0.29) is 41.2 Å². The first kappa shape index (κ1) is 35.4. The Hall–Kier alpha value is -1.06. The fraction of sp³-hybridized carbons (Fsp3) is 0.200. The van der Waals surface area contributed by atoms with Gasteiger partial charge < -0.3 is 0 Å². The molecule has 0 aliphatic carbocycles. The van der Waals surface area contributed by atoms with Crippen molar-refractivity contribution in [1.82, 2.24) is 0 Å². The van der Waals surface area contributed by atoms with Crippen molar-refractivity contribution in [2.75, 3.05) is 21.3 Å². The van der Waals surface area contributed by atoms with E-state index < -0.39 is 39.8 Å². The van der Waals surface area contributed by atoms with E-state index in [0.717, 1.165) is 0 Å². The van der Waals surface area contributed by atoms with Crippen LogP contribution in [0.1, 0.15) is 0 Å². The fourth-order valence-corrected chi connectivity index (χ4v) is 22.2. The molecule has 0 heterocycles. The molecule has 228 valence electrons. The van der Waals surface area contributed by atoms with Gasteiger partial charge in [-0.1, -0.05) is 0 Å². The van der Waals surface area contributed by atoms with E-state index in [1.165, 1.54) is 75.9 Å². The average molecular weight is 1030 g/mol. The molecular weight excluding hydrogens is 1010 g/mol. The third-order valence-electron chi connectivity index (χ3n) is 5.71. The Morgan fingerprint density at radius 2 is 0.857 bits per heavy atom. The summed E-state index contributed by atoms with van der Waals surface area (Å²) in [6.07, 6.45) is 0. The van der Waals surface area contributed by atoms with Crippen LogP contribution >= 0.6 is 79.6 Å². The van der Waals surface area contributed by atoms with E-state index in [1.54, 1.807) is 0 Å². The second-order valence-corrected chi connectivity index (χ2v) is 23.5. The summed E-state index contributed by atoms with van der Waals surface area (Å²) in [5.41, 5.74) is 0. The summed E-state index contributed by atoms with van der Waals surface area (Å²) in [4.78, 5) is 18.0. The molecule has 0 spiro atoms. The monoisotopic (exact) mass is 1020 g/mol. The minimum absolute atomic E-state index is 0.166. The molecule has 0 saturated carbocycles. The molecule has 0 unspecified atom stereocenters. The molecule has 42 heavy (non-hydrogen) atoms. The van der Waals surface area contributed by atoms with Gasteiger partial charge in [0.2, 0.25) is 0 Å². The Kier molecular flexibility index (Phi) is 11.1. The van der Waals surface area contributed by atoms with Crippen LogP contribution in [0.15, 0.2) is 68.0 Å². The molecule has 0 bridgehead atoms. The zero-order valence-corrected chi connectivity index (χ0v) is 31.9. The van der Waals surface area contributed by atoms with Crippen molar-refractivity contribution in [3.8, 4) is 17.2 Å². The number of halogens is 9. The normalized spacial score (nSPS) is 13.0. The molecule has 3 aromatic rings. The van der Waals surface area contributed by atoms with Crippen LogP contribution in [0.3, 0.4) is 0 Å². The number of ether oxygens (including phenoxy) is 3. The molecular formula is C25H18Br5F4O7Sb. The second-order valence-electron chi connectivity index (χ2n) is 8.16. The van der Waals surface area contributed by atoms with Gasteiger partial charge in [0.15, 0.2) is 0 Å². The van der Waals surface area contributed by atoms with Crippen molar-refractivity contribution >= 4 is 120 Å². The molecule has 3 rings (SSSR count). The van der Waals surface area contributed by atoms with E-state index in [2.05, 4.69) is 47.8 Å². The van der Waals surface area contributed by atoms with Gasteiger partial charge in [-0.25, -0.2) is 0 Å². The Bertz CT molecular complexity index is 1370. The zero-order chi connectivity index (χ0) is 31.7. The zero-order valence-electron chi connectivity index (χ0n) is 21.4. The van der Waals surface area contributed by atoms with Gasteiger partial charge in [-0.15, -0.1) is 0 Å². The van der Waals surface area contributed by atoms with E-state index in [4.69, 9.17) is 20.2 Å². The molecule has 0 fully saturated rings. The third kappa shape index (κ3) is 6.63. The van der Waals surface area contributed by atoms with E-state index in [1.807, 2.05) is 31.9 Å². The number of methoxy groups -OCH3 is 3. The molecule has 7 nitrogen and oxygen atoms in total. The number of carbonyl (C=O) groups is 2. The molecule has 0 aliphatic heterocycles. The minimum atomic E-state index is -7.64. The predicted molar refractivity (Wildman–Crippen MR) is 167 cm³/mol. The van der Waals surface area contributed by atoms with Gasteiger partial charge in [0.05, 0.1) is 0 Å². The molecule has 3 aromatic carbocycles. The van der Waals surface area contributed by atoms with Gasteiger partial charge in [-0.3, -0.25) is 0 Å². The van der Waals surface area contributed by atoms with Crippen LogP contribution in [0.5, 0.6) is 17.2 Å². The first-order valence-corrected chi connectivity index (χ1v) is 21.0. The number of hydrogen-bond donors (Lipinski definition) is 0. The first-order valence-electron chi connectivity index (χ1n) is 11.1. The molecule has 0 N–H and O–H groups in total.